The summed E-state index contributed by atoms with van der Waals surface area (Å²) >= 11 is 0. The van der Waals surface area contributed by atoms with Crippen molar-refractivity contribution >= 4 is 10.8 Å². The highest BCUT2D eigenvalue weighted by atomic mass is 19.1. The third kappa shape index (κ3) is 5.37. The van der Waals surface area contributed by atoms with Crippen molar-refractivity contribution in [1.82, 2.24) is 0 Å². The van der Waals surface area contributed by atoms with Gasteiger partial charge >= 0.3 is 0 Å². The van der Waals surface area contributed by atoms with Gasteiger partial charge in [0.05, 0.1) is 0 Å². The highest BCUT2D eigenvalue weighted by molar-refractivity contribution is 5.85. The summed E-state index contributed by atoms with van der Waals surface area (Å²) in [6.45, 7) is 4.33. The molecular weight excluding hydrogens is 379 g/mol. The zero-order chi connectivity index (χ0) is 21.6. The van der Waals surface area contributed by atoms with Gasteiger partial charge in [-0.15, -0.1) is 0 Å². The first-order valence-corrected chi connectivity index (χ1v) is 11.9. The second-order valence-corrected chi connectivity index (χ2v) is 9.23. The van der Waals surface area contributed by atoms with E-state index < -0.39 is 0 Å². The van der Waals surface area contributed by atoms with Crippen LogP contribution in [0.2, 0.25) is 0 Å². The van der Waals surface area contributed by atoms with Gasteiger partial charge in [0.25, 0.3) is 0 Å². The first-order valence-electron chi connectivity index (χ1n) is 11.9. The number of hydrogen-bond acceptors (Lipinski definition) is 0. The molecule has 1 heteroatoms. The number of benzene rings is 3. The molecule has 0 unspecified atom stereocenters. The van der Waals surface area contributed by atoms with Gasteiger partial charge in [0.1, 0.15) is 5.82 Å². The molecule has 0 radical (unpaired) electrons. The molecule has 0 amide bonds. The van der Waals surface area contributed by atoms with E-state index in [-0.39, 0.29) is 5.82 Å². The topological polar surface area (TPSA) is 0 Å². The zero-order valence-corrected chi connectivity index (χ0v) is 18.9. The Bertz CT molecular complexity index is 1070. The molecule has 160 valence electrons. The van der Waals surface area contributed by atoms with Gasteiger partial charge in [0.15, 0.2) is 0 Å². The normalized spacial score (nSPS) is 18.5. The van der Waals surface area contributed by atoms with Crippen LogP contribution in [0.5, 0.6) is 0 Å². The quantitative estimate of drug-likeness (QED) is 0.291. The number of fused-ring (bicyclic) bond motifs is 1. The largest absolute Gasteiger partial charge is 0.206 e. The fourth-order valence-electron chi connectivity index (χ4n) is 4.93. The minimum atomic E-state index is -0.0232. The van der Waals surface area contributed by atoms with Gasteiger partial charge in [-0.1, -0.05) is 80.3 Å². The van der Waals surface area contributed by atoms with Crippen LogP contribution in [0, 0.1) is 30.5 Å². The highest BCUT2D eigenvalue weighted by Gasteiger charge is 2.24. The van der Waals surface area contributed by atoms with Crippen LogP contribution in [0.3, 0.4) is 0 Å². The molecule has 1 aliphatic rings. The minimum absolute atomic E-state index is 0.0232. The smallest absolute Gasteiger partial charge is 0.134 e. The van der Waals surface area contributed by atoms with Crippen molar-refractivity contribution < 1.29 is 4.39 Å². The van der Waals surface area contributed by atoms with E-state index in [4.69, 9.17) is 0 Å². The van der Waals surface area contributed by atoms with Crippen LogP contribution in [0.15, 0.2) is 54.6 Å². The van der Waals surface area contributed by atoms with Crippen LogP contribution in [0.25, 0.3) is 10.8 Å². The van der Waals surface area contributed by atoms with Crippen LogP contribution in [-0.4, -0.2) is 0 Å². The number of unbranched alkanes of at least 4 members (excludes halogenated alkanes) is 2. The summed E-state index contributed by atoms with van der Waals surface area (Å²) in [5, 5.41) is 1.66. The molecule has 0 N–H and O–H groups in total. The SMILES string of the molecule is CCCCCC1CCC(c2ccc3cc(C#Cc4ccc(C)cc4)ccc3c2F)CC1. The lowest BCUT2D eigenvalue weighted by molar-refractivity contribution is 0.299. The molecule has 0 saturated heterocycles. The molecule has 4 rings (SSSR count). The molecule has 31 heavy (non-hydrogen) atoms. The third-order valence-electron chi connectivity index (χ3n) is 6.89. The average molecular weight is 413 g/mol. The van der Waals surface area contributed by atoms with Crippen molar-refractivity contribution in [2.75, 3.05) is 0 Å². The molecule has 1 fully saturated rings. The highest BCUT2D eigenvalue weighted by Crippen LogP contribution is 2.40. The standard InChI is InChI=1S/C30H33F/c1-3-4-5-6-23-13-16-26(17-14-23)28-20-18-27-21-25(15-19-29(27)30(28)31)12-11-24-9-7-22(2)8-10-24/h7-10,15,18-21,23,26H,3-6,13-14,16-17H2,1-2H3. The number of halogens is 1. The first-order chi connectivity index (χ1) is 15.1. The van der Waals surface area contributed by atoms with Gasteiger partial charge in [-0.25, -0.2) is 4.39 Å². The Kier molecular flexibility index (Phi) is 7.08. The predicted molar refractivity (Wildman–Crippen MR) is 130 cm³/mol. The Morgan fingerprint density at radius 2 is 1.55 bits per heavy atom. The molecule has 0 bridgehead atoms. The molecule has 0 aliphatic heterocycles. The summed E-state index contributed by atoms with van der Waals surface area (Å²) in [6, 6.07) is 18.2. The lowest BCUT2D eigenvalue weighted by atomic mass is 9.76. The van der Waals surface area contributed by atoms with E-state index in [9.17, 15) is 0 Å². The molecule has 0 heterocycles. The van der Waals surface area contributed by atoms with Gasteiger partial charge < -0.3 is 0 Å². The van der Waals surface area contributed by atoms with Crippen LogP contribution >= 0.6 is 0 Å². The maximum Gasteiger partial charge on any atom is 0.134 e. The second kappa shape index (κ2) is 10.1. The molecule has 1 saturated carbocycles. The zero-order valence-electron chi connectivity index (χ0n) is 18.9. The summed E-state index contributed by atoms with van der Waals surface area (Å²) in [6.07, 6.45) is 10.1. The molecule has 3 aromatic rings. The van der Waals surface area contributed by atoms with Crippen molar-refractivity contribution in [3.63, 3.8) is 0 Å². The van der Waals surface area contributed by atoms with E-state index in [1.165, 1.54) is 44.1 Å². The monoisotopic (exact) mass is 412 g/mol. The summed E-state index contributed by atoms with van der Waals surface area (Å²) in [7, 11) is 0. The van der Waals surface area contributed by atoms with Crippen LogP contribution < -0.4 is 0 Å². The van der Waals surface area contributed by atoms with E-state index in [1.807, 2.05) is 36.4 Å². The lowest BCUT2D eigenvalue weighted by Gasteiger charge is -2.29. The molecule has 0 atom stereocenters. The fraction of sp³-hybridized carbons (Fsp3) is 0.400. The molecule has 3 aromatic carbocycles. The maximum atomic E-state index is 15.4. The van der Waals surface area contributed by atoms with Crippen molar-refractivity contribution in [2.24, 2.45) is 5.92 Å². The minimum Gasteiger partial charge on any atom is -0.206 e. The fourth-order valence-corrected chi connectivity index (χ4v) is 4.93. The summed E-state index contributed by atoms with van der Waals surface area (Å²) in [5.74, 6) is 7.63. The predicted octanol–water partition coefficient (Wildman–Crippen LogP) is 8.54. The second-order valence-electron chi connectivity index (χ2n) is 9.23. The van der Waals surface area contributed by atoms with E-state index in [2.05, 4.69) is 43.9 Å². The van der Waals surface area contributed by atoms with Crippen molar-refractivity contribution in [3.8, 4) is 11.8 Å². The van der Waals surface area contributed by atoms with Gasteiger partial charge in [-0.05, 0) is 79.7 Å². The Hall–Kier alpha value is -2.59. The van der Waals surface area contributed by atoms with E-state index in [0.29, 0.717) is 5.92 Å². The number of rotatable bonds is 5. The van der Waals surface area contributed by atoms with Crippen molar-refractivity contribution in [1.29, 1.82) is 0 Å². The summed E-state index contributed by atoms with van der Waals surface area (Å²) < 4.78 is 15.4. The van der Waals surface area contributed by atoms with Gasteiger partial charge in [0, 0.05) is 16.5 Å². The van der Waals surface area contributed by atoms with E-state index in [0.717, 1.165) is 46.2 Å². The third-order valence-corrected chi connectivity index (χ3v) is 6.89. The molecular formula is C30H33F. The van der Waals surface area contributed by atoms with Gasteiger partial charge in [0.2, 0.25) is 0 Å². The Morgan fingerprint density at radius 3 is 2.29 bits per heavy atom. The Balaban J connectivity index is 1.47. The summed E-state index contributed by atoms with van der Waals surface area (Å²) in [5.41, 5.74) is 4.07. The molecule has 0 nitrogen and oxygen atoms in total. The Labute approximate surface area is 186 Å². The first kappa shape index (κ1) is 21.6. The number of aryl methyl sites for hydroxylation is 1. The van der Waals surface area contributed by atoms with Crippen LogP contribution in [-0.2, 0) is 0 Å². The summed E-state index contributed by atoms with van der Waals surface area (Å²) in [4.78, 5) is 0. The van der Waals surface area contributed by atoms with Crippen molar-refractivity contribution in [2.45, 2.75) is 71.1 Å². The average Bonchev–Trinajstić information content (AvgIpc) is 2.80. The molecule has 0 spiro atoms. The van der Waals surface area contributed by atoms with Gasteiger partial charge in [-0.3, -0.25) is 0 Å². The Morgan fingerprint density at radius 1 is 0.839 bits per heavy atom. The van der Waals surface area contributed by atoms with E-state index in [1.54, 1.807) is 0 Å². The van der Waals surface area contributed by atoms with Crippen LogP contribution in [0.4, 0.5) is 4.39 Å². The van der Waals surface area contributed by atoms with Crippen molar-refractivity contribution in [3.05, 3.63) is 82.7 Å². The van der Waals surface area contributed by atoms with Crippen LogP contribution in [0.1, 0.15) is 86.5 Å². The number of hydrogen-bond donors (Lipinski definition) is 0. The van der Waals surface area contributed by atoms with Gasteiger partial charge in [-0.2, -0.15) is 0 Å². The maximum absolute atomic E-state index is 15.4. The lowest BCUT2D eigenvalue weighted by Crippen LogP contribution is -2.14. The molecule has 1 aliphatic carbocycles. The molecule has 0 aromatic heterocycles. The van der Waals surface area contributed by atoms with E-state index >= 15 is 4.39 Å².